The first-order valence-corrected chi connectivity index (χ1v) is 22.0. The van der Waals surface area contributed by atoms with Gasteiger partial charge in [-0.2, -0.15) is 0 Å². The monoisotopic (exact) mass is 781 g/mol. The molecule has 0 aliphatic heterocycles. The highest BCUT2D eigenvalue weighted by Crippen LogP contribution is 2.47. The van der Waals surface area contributed by atoms with Crippen molar-refractivity contribution < 1.29 is 0 Å². The maximum absolute atomic E-state index is 2.48. The molecule has 0 saturated heterocycles. The van der Waals surface area contributed by atoms with Crippen LogP contribution < -0.4 is 0 Å². The standard InChI is InChI=1S/C60H61/c1-57(2,3)45-13-21-49-37-29-38(50(49)22-14-45)34-40-31-42(54-26-18-47(59(7,8)9)16-24-52(40)54)36-44-32-43(55-27-19-48(60(10,11)12)20-28-56(44)55)35-41-30-39(33-37)51-23-15-46(58(4,5)6)17-25-53(41)51/h13-35H,36H2,1-12H3/q+3/b37-33+,40-34+,41-35+. The molecule has 0 unspecified atom stereocenters. The SMILES string of the molecule is CC(C)(C)c1ccc2c3cc(c-2cc1)CC1=C/C(=C\C2=CC(=C\C4=CC(=C\3)/c3cc[c+](C(C)(C)C)ccc34)/c3cc[c+](C(C)(C)C)ccc32)c2cc[c+](C(C)(C)C)ccc21. The largest absolute Gasteiger partial charge is 0.0579 e. The van der Waals surface area contributed by atoms with Crippen LogP contribution in [0.4, 0.5) is 0 Å². The zero-order chi connectivity index (χ0) is 42.5. The first-order valence-electron chi connectivity index (χ1n) is 22.0. The van der Waals surface area contributed by atoms with E-state index in [-0.39, 0.29) is 21.7 Å². The minimum Gasteiger partial charge on any atom is -0.0579 e. The lowest BCUT2D eigenvalue weighted by Crippen LogP contribution is -2.09. The van der Waals surface area contributed by atoms with Crippen molar-refractivity contribution in [2.45, 2.75) is 111 Å². The van der Waals surface area contributed by atoms with Crippen LogP contribution in [0, 0.1) is 0 Å². The van der Waals surface area contributed by atoms with Crippen LogP contribution >= 0.6 is 0 Å². The smallest absolute Gasteiger partial charge is 0.0579 e. The zero-order valence-corrected chi connectivity index (χ0v) is 38.0. The molecule has 0 heteroatoms. The molecule has 0 atom stereocenters. The van der Waals surface area contributed by atoms with Crippen molar-refractivity contribution in [1.82, 2.24) is 0 Å². The van der Waals surface area contributed by atoms with Gasteiger partial charge in [-0.1, -0.05) is 51.1 Å². The third-order valence-electron chi connectivity index (χ3n) is 13.2. The number of hydrogen-bond acceptors (Lipinski definition) is 0. The third-order valence-corrected chi connectivity index (χ3v) is 13.2. The van der Waals surface area contributed by atoms with Gasteiger partial charge in [0, 0.05) is 52.6 Å². The lowest BCUT2D eigenvalue weighted by molar-refractivity contribution is 0.590. The van der Waals surface area contributed by atoms with E-state index in [2.05, 4.69) is 223 Å². The lowest BCUT2D eigenvalue weighted by atomic mass is 9.88. The Bertz CT molecular complexity index is 2830. The highest BCUT2D eigenvalue weighted by molar-refractivity contribution is 6.11. The van der Waals surface area contributed by atoms with E-state index in [4.69, 9.17) is 0 Å². The van der Waals surface area contributed by atoms with Crippen LogP contribution in [0.25, 0.3) is 50.6 Å². The lowest BCUT2D eigenvalue weighted by Gasteiger charge is -2.17. The Morgan fingerprint density at radius 2 is 0.700 bits per heavy atom. The number of hydrogen-bond donors (Lipinski definition) is 0. The van der Waals surface area contributed by atoms with E-state index in [0.29, 0.717) is 0 Å². The molecule has 298 valence electrons. The van der Waals surface area contributed by atoms with Gasteiger partial charge in [0.05, 0.1) is 86.5 Å². The highest BCUT2D eigenvalue weighted by Gasteiger charge is 2.31. The van der Waals surface area contributed by atoms with E-state index < -0.39 is 0 Å². The Hall–Kier alpha value is -5.59. The van der Waals surface area contributed by atoms with Crippen LogP contribution in [0.15, 0.2) is 134 Å². The molecular formula is C60H61+3. The van der Waals surface area contributed by atoms with Crippen LogP contribution in [0.1, 0.15) is 150 Å². The molecular weight excluding hydrogens is 721 g/mol. The molecule has 60 heavy (non-hydrogen) atoms. The fourth-order valence-corrected chi connectivity index (χ4v) is 9.45. The Labute approximate surface area is 360 Å². The Balaban J connectivity index is 1.36. The normalized spacial score (nSPS) is 18.5. The third kappa shape index (κ3) is 7.23. The van der Waals surface area contributed by atoms with Gasteiger partial charge in [0.25, 0.3) is 0 Å². The highest BCUT2D eigenvalue weighted by atomic mass is 14.3. The summed E-state index contributed by atoms with van der Waals surface area (Å²) in [5, 5.41) is 0. The Kier molecular flexibility index (Phi) is 9.29. The Morgan fingerprint density at radius 1 is 0.350 bits per heavy atom. The van der Waals surface area contributed by atoms with E-state index >= 15 is 0 Å². The molecule has 6 aliphatic carbocycles. The van der Waals surface area contributed by atoms with Gasteiger partial charge in [0.1, 0.15) is 0 Å². The summed E-state index contributed by atoms with van der Waals surface area (Å²) in [6.45, 7) is 27.7. The predicted molar refractivity (Wildman–Crippen MR) is 262 cm³/mol. The van der Waals surface area contributed by atoms with E-state index in [1.54, 1.807) is 0 Å². The molecule has 0 heterocycles. The summed E-state index contributed by atoms with van der Waals surface area (Å²) in [6.07, 6.45) is 15.6. The number of rotatable bonds is 0. The fourth-order valence-electron chi connectivity index (χ4n) is 9.45. The van der Waals surface area contributed by atoms with Gasteiger partial charge < -0.3 is 0 Å². The summed E-state index contributed by atoms with van der Waals surface area (Å²) in [6, 6.07) is 40.3. The van der Waals surface area contributed by atoms with Crippen LogP contribution in [-0.4, -0.2) is 0 Å². The second-order valence-corrected chi connectivity index (χ2v) is 21.8. The fraction of sp³-hybridized carbons (Fsp3) is 0.283. The van der Waals surface area contributed by atoms with Crippen LogP contribution in [0.3, 0.4) is 0 Å². The summed E-state index contributed by atoms with van der Waals surface area (Å²) in [5.41, 5.74) is 26.2. The topological polar surface area (TPSA) is 0 Å². The summed E-state index contributed by atoms with van der Waals surface area (Å²) in [5.74, 6) is 0. The predicted octanol–water partition coefficient (Wildman–Crippen LogP) is 16.3. The summed E-state index contributed by atoms with van der Waals surface area (Å²) in [4.78, 5) is 0. The summed E-state index contributed by atoms with van der Waals surface area (Å²) >= 11 is 0. The van der Waals surface area contributed by atoms with Crippen molar-refractivity contribution in [3.8, 4) is 11.1 Å². The first kappa shape index (κ1) is 39.8. The zero-order valence-electron chi connectivity index (χ0n) is 38.0. The average Bonchev–Trinajstić information content (AvgIpc) is 3.53. The molecule has 3 aromatic carbocycles. The van der Waals surface area contributed by atoms with Gasteiger partial charge in [0.15, 0.2) is 0 Å². The van der Waals surface area contributed by atoms with Crippen molar-refractivity contribution >= 4 is 39.5 Å². The molecule has 8 bridgehead atoms. The number of allylic oxidation sites excluding steroid dienone is 11. The van der Waals surface area contributed by atoms with Crippen molar-refractivity contribution in [3.05, 3.63) is 200 Å². The summed E-state index contributed by atoms with van der Waals surface area (Å²) in [7, 11) is 0. The quantitative estimate of drug-likeness (QED) is 0.137. The van der Waals surface area contributed by atoms with Gasteiger partial charge >= 0.3 is 0 Å². The molecule has 9 rings (SSSR count). The molecule has 0 nitrogen and oxygen atoms in total. The summed E-state index contributed by atoms with van der Waals surface area (Å²) < 4.78 is 0. The van der Waals surface area contributed by atoms with Gasteiger partial charge in [-0.3, -0.25) is 0 Å². The minimum absolute atomic E-state index is 0.0368. The van der Waals surface area contributed by atoms with Crippen molar-refractivity contribution in [2.75, 3.05) is 0 Å². The van der Waals surface area contributed by atoms with Crippen molar-refractivity contribution in [1.29, 1.82) is 0 Å². The molecule has 0 N–H and O–H groups in total. The van der Waals surface area contributed by atoms with E-state index in [0.717, 1.165) is 6.42 Å². The molecule has 0 saturated carbocycles. The first-order chi connectivity index (χ1) is 28.2. The molecule has 0 aromatic heterocycles. The van der Waals surface area contributed by atoms with Gasteiger partial charge in [-0.25, -0.2) is 0 Å². The van der Waals surface area contributed by atoms with Crippen LogP contribution in [-0.2, 0) is 28.1 Å². The van der Waals surface area contributed by atoms with E-state index in [9.17, 15) is 0 Å². The van der Waals surface area contributed by atoms with Crippen LogP contribution in [0.5, 0.6) is 0 Å². The van der Waals surface area contributed by atoms with Crippen molar-refractivity contribution in [3.63, 3.8) is 0 Å². The Morgan fingerprint density at radius 3 is 1.10 bits per heavy atom. The molecule has 6 aliphatic rings. The van der Waals surface area contributed by atoms with Crippen LogP contribution in [0.2, 0.25) is 0 Å². The van der Waals surface area contributed by atoms with E-state index in [1.165, 1.54) is 111 Å². The second-order valence-electron chi connectivity index (χ2n) is 21.8. The molecule has 0 fully saturated rings. The van der Waals surface area contributed by atoms with Gasteiger partial charge in [-0.05, 0) is 172 Å². The maximum atomic E-state index is 2.48. The van der Waals surface area contributed by atoms with Gasteiger partial charge in [-0.15, -0.1) is 0 Å². The molecule has 3 aromatic rings. The molecule has 0 spiro atoms. The number of fused-ring (bicyclic) bond motifs is 17. The van der Waals surface area contributed by atoms with Gasteiger partial charge in [0.2, 0.25) is 0 Å². The average molecular weight is 782 g/mol. The van der Waals surface area contributed by atoms with Crippen molar-refractivity contribution in [2.24, 2.45) is 0 Å². The second kappa shape index (κ2) is 14.0. The maximum Gasteiger partial charge on any atom is 0.0579 e. The molecule has 0 radical (unpaired) electrons. The van der Waals surface area contributed by atoms with E-state index in [1.807, 2.05) is 0 Å². The molecule has 0 amide bonds. The minimum atomic E-state index is 0.0368.